The molecule has 0 saturated heterocycles. The minimum absolute atomic E-state index is 0.347. The first-order valence-corrected chi connectivity index (χ1v) is 7.74. The molecule has 0 aromatic heterocycles. The minimum Gasteiger partial charge on any atom is -0.0822 e. The summed E-state index contributed by atoms with van der Waals surface area (Å²) in [7, 11) is 0.798. The van der Waals surface area contributed by atoms with Crippen LogP contribution in [0.4, 0.5) is 0 Å². The fourth-order valence-corrected chi connectivity index (χ4v) is 5.68. The molecule has 0 unspecified atom stereocenters. The Hall–Kier alpha value is 0.750. The van der Waals surface area contributed by atoms with Crippen LogP contribution in [0.3, 0.4) is 0 Å². The zero-order valence-electron chi connectivity index (χ0n) is 8.18. The van der Waals surface area contributed by atoms with Gasteiger partial charge in [-0.15, -0.1) is 0 Å². The van der Waals surface area contributed by atoms with Gasteiger partial charge in [-0.25, -0.2) is 0 Å². The van der Waals surface area contributed by atoms with Gasteiger partial charge in [0.15, 0.2) is 0 Å². The van der Waals surface area contributed by atoms with E-state index < -0.39 is 0 Å². The highest BCUT2D eigenvalue weighted by atomic mass is 35.7. The van der Waals surface area contributed by atoms with Gasteiger partial charge in [-0.2, -0.15) is 0 Å². The van der Waals surface area contributed by atoms with Crippen molar-refractivity contribution in [2.75, 3.05) is 0 Å². The van der Waals surface area contributed by atoms with Crippen LogP contribution in [0.2, 0.25) is 0 Å². The fourth-order valence-electron chi connectivity index (χ4n) is 4.45. The van der Waals surface area contributed by atoms with Crippen LogP contribution in [0.15, 0.2) is 0 Å². The second kappa shape index (κ2) is 3.37. The quantitative estimate of drug-likeness (QED) is 0.592. The monoisotopic (exact) mass is 248 g/mol. The lowest BCUT2D eigenvalue weighted by Crippen LogP contribution is -2.48. The highest BCUT2D eigenvalue weighted by Gasteiger charge is 2.52. The van der Waals surface area contributed by atoms with E-state index >= 15 is 0 Å². The Kier molecular flexibility index (Phi) is 2.39. The SMILES string of the molecule is ClP=C(Cl)C12CC3CC(CC(C3)C1)C2. The molecule has 0 heterocycles. The molecule has 4 aliphatic carbocycles. The predicted molar refractivity (Wildman–Crippen MR) is 64.2 cm³/mol. The van der Waals surface area contributed by atoms with Gasteiger partial charge in [0.1, 0.15) is 0 Å². The molecule has 0 aromatic carbocycles. The number of rotatable bonds is 1. The van der Waals surface area contributed by atoms with Crippen LogP contribution in [-0.2, 0) is 0 Å². The molecule has 4 saturated carbocycles. The van der Waals surface area contributed by atoms with Crippen molar-refractivity contribution in [3.05, 3.63) is 0 Å². The lowest BCUT2D eigenvalue weighted by atomic mass is 9.50. The molecule has 4 aliphatic rings. The normalized spacial score (nSPS) is 51.3. The highest BCUT2D eigenvalue weighted by Crippen LogP contribution is 2.61. The minimum atomic E-state index is 0.347. The molecule has 4 rings (SSSR count). The molecule has 0 atom stereocenters. The third-order valence-electron chi connectivity index (χ3n) is 4.55. The van der Waals surface area contributed by atoms with E-state index in [2.05, 4.69) is 0 Å². The fraction of sp³-hybridized carbons (Fsp3) is 0.909. The zero-order chi connectivity index (χ0) is 9.76. The number of hydrogen-bond donors (Lipinski definition) is 0. The summed E-state index contributed by atoms with van der Waals surface area (Å²) in [5.41, 5.74) is 0.347. The smallest absolute Gasteiger partial charge is 0.0629 e. The molecule has 0 amide bonds. The Morgan fingerprint density at radius 1 is 1.00 bits per heavy atom. The summed E-state index contributed by atoms with van der Waals surface area (Å²) in [5, 5.41) is 0. The van der Waals surface area contributed by atoms with Crippen LogP contribution >= 0.6 is 30.4 Å². The van der Waals surface area contributed by atoms with Crippen molar-refractivity contribution in [3.63, 3.8) is 0 Å². The van der Waals surface area contributed by atoms with E-state index in [-0.39, 0.29) is 0 Å². The summed E-state index contributed by atoms with van der Waals surface area (Å²) < 4.78 is 1.04. The van der Waals surface area contributed by atoms with E-state index in [0.717, 1.165) is 30.1 Å². The van der Waals surface area contributed by atoms with Crippen LogP contribution < -0.4 is 0 Å². The largest absolute Gasteiger partial charge is 0.0822 e. The van der Waals surface area contributed by atoms with Crippen LogP contribution in [-0.4, -0.2) is 4.75 Å². The Morgan fingerprint density at radius 2 is 1.43 bits per heavy atom. The summed E-state index contributed by atoms with van der Waals surface area (Å²) in [6.45, 7) is 0. The molecular formula is C11H15Cl2P. The number of hydrogen-bond acceptors (Lipinski definition) is 0. The molecule has 14 heavy (non-hydrogen) atoms. The van der Waals surface area contributed by atoms with Gasteiger partial charge in [-0.1, -0.05) is 22.8 Å². The van der Waals surface area contributed by atoms with Crippen molar-refractivity contribution in [2.45, 2.75) is 38.5 Å². The molecule has 0 radical (unpaired) electrons. The summed E-state index contributed by atoms with van der Waals surface area (Å²) in [6.07, 6.45) is 8.42. The van der Waals surface area contributed by atoms with Gasteiger partial charge in [0.05, 0.1) is 4.75 Å². The molecule has 4 bridgehead atoms. The Bertz CT molecular complexity index is 250. The maximum Gasteiger partial charge on any atom is 0.0629 e. The maximum absolute atomic E-state index is 6.36. The Labute approximate surface area is 96.9 Å². The molecular weight excluding hydrogens is 234 g/mol. The molecule has 0 nitrogen and oxygen atoms in total. The van der Waals surface area contributed by atoms with Crippen LogP contribution in [0, 0.1) is 23.2 Å². The van der Waals surface area contributed by atoms with Gasteiger partial charge in [0.25, 0.3) is 0 Å². The lowest BCUT2D eigenvalue weighted by Gasteiger charge is -2.56. The van der Waals surface area contributed by atoms with Gasteiger partial charge in [0.2, 0.25) is 0 Å². The van der Waals surface area contributed by atoms with Crippen molar-refractivity contribution < 1.29 is 0 Å². The topological polar surface area (TPSA) is 0 Å². The van der Waals surface area contributed by atoms with E-state index in [9.17, 15) is 0 Å². The second-order valence-corrected chi connectivity index (χ2v) is 7.34. The second-order valence-electron chi connectivity index (χ2n) is 5.57. The summed E-state index contributed by atoms with van der Waals surface area (Å²) >= 11 is 12.2. The van der Waals surface area contributed by atoms with E-state index in [1.165, 1.54) is 38.5 Å². The van der Waals surface area contributed by atoms with Crippen LogP contribution in [0.5, 0.6) is 0 Å². The molecule has 0 N–H and O–H groups in total. The highest BCUT2D eigenvalue weighted by molar-refractivity contribution is 7.71. The number of halogens is 2. The predicted octanol–water partition coefficient (Wildman–Crippen LogP) is 4.67. The molecule has 0 aliphatic heterocycles. The van der Waals surface area contributed by atoms with Crippen LogP contribution in [0.25, 0.3) is 0 Å². The molecule has 78 valence electrons. The Morgan fingerprint density at radius 3 is 1.79 bits per heavy atom. The van der Waals surface area contributed by atoms with Gasteiger partial charge >= 0.3 is 0 Å². The van der Waals surface area contributed by atoms with Gasteiger partial charge < -0.3 is 0 Å². The van der Waals surface area contributed by atoms with Gasteiger partial charge in [0, 0.05) is 13.0 Å². The Balaban J connectivity index is 1.94. The van der Waals surface area contributed by atoms with E-state index in [0.29, 0.717) is 5.41 Å². The first-order valence-electron chi connectivity index (χ1n) is 5.57. The average Bonchev–Trinajstić information content (AvgIpc) is 2.14. The summed E-state index contributed by atoms with van der Waals surface area (Å²) in [6, 6.07) is 0. The van der Waals surface area contributed by atoms with Gasteiger partial charge in [-0.3, -0.25) is 0 Å². The summed E-state index contributed by atoms with van der Waals surface area (Å²) in [5.74, 6) is 2.90. The van der Waals surface area contributed by atoms with Crippen molar-refractivity contribution in [3.8, 4) is 0 Å². The van der Waals surface area contributed by atoms with E-state index in [1.807, 2.05) is 0 Å². The van der Waals surface area contributed by atoms with E-state index in [4.69, 9.17) is 22.8 Å². The third-order valence-corrected chi connectivity index (χ3v) is 6.59. The van der Waals surface area contributed by atoms with Gasteiger partial charge in [-0.05, 0) is 56.3 Å². The summed E-state index contributed by atoms with van der Waals surface area (Å²) in [4.78, 5) is 0. The lowest BCUT2D eigenvalue weighted by molar-refractivity contribution is -0.00966. The first-order chi connectivity index (χ1) is 6.72. The average molecular weight is 249 g/mol. The third kappa shape index (κ3) is 1.38. The van der Waals surface area contributed by atoms with Crippen molar-refractivity contribution in [1.82, 2.24) is 0 Å². The maximum atomic E-state index is 6.36. The van der Waals surface area contributed by atoms with E-state index in [1.54, 1.807) is 0 Å². The molecule has 4 fully saturated rings. The zero-order valence-corrected chi connectivity index (χ0v) is 10.6. The van der Waals surface area contributed by atoms with Crippen molar-refractivity contribution >= 4 is 35.2 Å². The molecule has 0 spiro atoms. The van der Waals surface area contributed by atoms with Crippen molar-refractivity contribution in [2.24, 2.45) is 23.2 Å². The molecule has 3 heteroatoms. The van der Waals surface area contributed by atoms with Crippen LogP contribution in [0.1, 0.15) is 38.5 Å². The van der Waals surface area contributed by atoms with Crippen molar-refractivity contribution in [1.29, 1.82) is 0 Å². The first kappa shape index (κ1) is 9.94. The molecule has 0 aromatic rings. The standard InChI is InChI=1S/C11H15Cl2P/c12-10(14-13)11-4-7-1-8(5-11)3-9(2-7)6-11/h7-9H,1-6H2.